The lowest BCUT2D eigenvalue weighted by Crippen LogP contribution is -2.49. The number of fused-ring (bicyclic) bond motifs is 1. The van der Waals surface area contributed by atoms with Gasteiger partial charge in [-0.3, -0.25) is 9.88 Å². The molecule has 1 aromatic heterocycles. The number of hydrogen-bond acceptors (Lipinski definition) is 5. The minimum Gasteiger partial charge on any atom is -0.492 e. The molecule has 0 amide bonds. The van der Waals surface area contributed by atoms with E-state index in [9.17, 15) is 0 Å². The van der Waals surface area contributed by atoms with Crippen molar-refractivity contribution in [2.45, 2.75) is 38.0 Å². The van der Waals surface area contributed by atoms with Crippen molar-refractivity contribution >= 4 is 0 Å². The summed E-state index contributed by atoms with van der Waals surface area (Å²) >= 11 is 0. The van der Waals surface area contributed by atoms with Gasteiger partial charge in [0.1, 0.15) is 5.75 Å². The molecule has 110 valence electrons. The highest BCUT2D eigenvalue weighted by Gasteiger charge is 2.35. The Labute approximate surface area is 120 Å². The first-order valence-corrected chi connectivity index (χ1v) is 7.47. The molecule has 1 aromatic rings. The summed E-state index contributed by atoms with van der Waals surface area (Å²) in [6.45, 7) is 5.50. The zero-order valence-corrected chi connectivity index (χ0v) is 12.0. The Balaban J connectivity index is 1.68. The van der Waals surface area contributed by atoms with Crippen molar-refractivity contribution in [1.82, 2.24) is 9.88 Å². The van der Waals surface area contributed by atoms with E-state index in [1.54, 1.807) is 6.20 Å². The van der Waals surface area contributed by atoms with Gasteiger partial charge >= 0.3 is 0 Å². The van der Waals surface area contributed by atoms with E-state index in [0.29, 0.717) is 12.6 Å². The molecule has 3 rings (SSSR count). The topological polar surface area (TPSA) is 60.6 Å². The zero-order valence-electron chi connectivity index (χ0n) is 12.0. The average molecular weight is 277 g/mol. The van der Waals surface area contributed by atoms with Crippen LogP contribution in [0.5, 0.6) is 5.75 Å². The summed E-state index contributed by atoms with van der Waals surface area (Å²) in [4.78, 5) is 6.72. The first kappa shape index (κ1) is 13.8. The second-order valence-electron chi connectivity index (χ2n) is 5.58. The highest BCUT2D eigenvalue weighted by Crippen LogP contribution is 2.28. The molecule has 2 aliphatic rings. The monoisotopic (exact) mass is 277 g/mol. The maximum absolute atomic E-state index is 6.37. The van der Waals surface area contributed by atoms with Crippen molar-refractivity contribution in [2.24, 2.45) is 5.73 Å². The van der Waals surface area contributed by atoms with E-state index < -0.39 is 0 Å². The van der Waals surface area contributed by atoms with Crippen LogP contribution >= 0.6 is 0 Å². The zero-order chi connectivity index (χ0) is 13.9. The Morgan fingerprint density at radius 3 is 3.30 bits per heavy atom. The van der Waals surface area contributed by atoms with Crippen molar-refractivity contribution in [1.29, 1.82) is 0 Å². The van der Waals surface area contributed by atoms with Gasteiger partial charge in [-0.15, -0.1) is 0 Å². The van der Waals surface area contributed by atoms with Gasteiger partial charge in [0, 0.05) is 18.8 Å². The van der Waals surface area contributed by atoms with E-state index in [1.165, 1.54) is 19.4 Å². The summed E-state index contributed by atoms with van der Waals surface area (Å²) in [5.74, 6) is 0.773. The molecule has 0 aliphatic carbocycles. The molecule has 2 N–H and O–H groups in total. The maximum atomic E-state index is 6.37. The molecular weight excluding hydrogens is 254 g/mol. The van der Waals surface area contributed by atoms with E-state index in [0.717, 1.165) is 24.5 Å². The van der Waals surface area contributed by atoms with Crippen LogP contribution in [0, 0.1) is 0 Å². The molecular formula is C15H23N3O2. The molecule has 0 saturated carbocycles. The number of hydrogen-bond donors (Lipinski definition) is 1. The van der Waals surface area contributed by atoms with Crippen molar-refractivity contribution in [3.05, 3.63) is 24.0 Å². The summed E-state index contributed by atoms with van der Waals surface area (Å²) in [6, 6.07) is 2.43. The average Bonchev–Trinajstić information content (AvgIpc) is 2.94. The van der Waals surface area contributed by atoms with Gasteiger partial charge in [-0.25, -0.2) is 0 Å². The Morgan fingerprint density at radius 2 is 2.45 bits per heavy atom. The molecule has 5 heteroatoms. The van der Waals surface area contributed by atoms with Crippen LogP contribution in [0.1, 0.15) is 31.4 Å². The number of aromatic nitrogens is 1. The van der Waals surface area contributed by atoms with Crippen LogP contribution in [0.25, 0.3) is 0 Å². The number of pyridine rings is 1. The van der Waals surface area contributed by atoms with Gasteiger partial charge in [-0.2, -0.15) is 0 Å². The molecule has 20 heavy (non-hydrogen) atoms. The molecule has 0 spiro atoms. The van der Waals surface area contributed by atoms with E-state index >= 15 is 0 Å². The highest BCUT2D eigenvalue weighted by atomic mass is 16.5. The van der Waals surface area contributed by atoms with E-state index in [4.69, 9.17) is 15.2 Å². The van der Waals surface area contributed by atoms with Gasteiger partial charge in [0.25, 0.3) is 0 Å². The van der Waals surface area contributed by atoms with Crippen LogP contribution in [0.15, 0.2) is 18.5 Å². The van der Waals surface area contributed by atoms with E-state index in [2.05, 4.69) is 9.88 Å². The molecule has 0 aromatic carbocycles. The minimum atomic E-state index is -0.149. The molecule has 3 unspecified atom stereocenters. The summed E-state index contributed by atoms with van der Waals surface area (Å²) in [5.41, 5.74) is 7.36. The summed E-state index contributed by atoms with van der Waals surface area (Å²) in [6.07, 6.45) is 6.11. The lowest BCUT2D eigenvalue weighted by Gasteiger charge is -2.37. The number of morpholine rings is 1. The van der Waals surface area contributed by atoms with E-state index in [1.807, 2.05) is 19.2 Å². The number of nitrogens with zero attached hydrogens (tertiary/aromatic N) is 2. The van der Waals surface area contributed by atoms with Gasteiger partial charge in [0.05, 0.1) is 31.6 Å². The Hall–Kier alpha value is -1.17. The quantitative estimate of drug-likeness (QED) is 0.900. The largest absolute Gasteiger partial charge is 0.492 e. The molecule has 2 saturated heterocycles. The molecule has 3 atom stereocenters. The molecule has 2 aliphatic heterocycles. The summed E-state index contributed by atoms with van der Waals surface area (Å²) in [5, 5.41) is 0. The van der Waals surface area contributed by atoms with Gasteiger partial charge in [-0.05, 0) is 37.9 Å². The fourth-order valence-corrected chi connectivity index (χ4v) is 3.14. The van der Waals surface area contributed by atoms with Crippen LogP contribution in [-0.2, 0) is 4.74 Å². The molecule has 0 radical (unpaired) electrons. The molecule has 2 fully saturated rings. The van der Waals surface area contributed by atoms with Crippen LogP contribution < -0.4 is 10.5 Å². The Morgan fingerprint density at radius 1 is 1.55 bits per heavy atom. The second kappa shape index (κ2) is 6.08. The molecule has 5 nitrogen and oxygen atoms in total. The van der Waals surface area contributed by atoms with Crippen molar-refractivity contribution in [3.8, 4) is 5.75 Å². The Bertz CT molecular complexity index is 454. The summed E-state index contributed by atoms with van der Waals surface area (Å²) in [7, 11) is 0. The molecule has 0 bridgehead atoms. The predicted octanol–water partition coefficient (Wildman–Crippen LogP) is 1.34. The van der Waals surface area contributed by atoms with E-state index in [-0.39, 0.29) is 12.1 Å². The summed E-state index contributed by atoms with van der Waals surface area (Å²) < 4.78 is 11.5. The second-order valence-corrected chi connectivity index (χ2v) is 5.58. The van der Waals surface area contributed by atoms with Crippen molar-refractivity contribution < 1.29 is 9.47 Å². The highest BCUT2D eigenvalue weighted by molar-refractivity contribution is 5.26. The fraction of sp³-hybridized carbons (Fsp3) is 0.667. The van der Waals surface area contributed by atoms with Gasteiger partial charge in [-0.1, -0.05) is 0 Å². The molecule has 3 heterocycles. The third-order valence-electron chi connectivity index (χ3n) is 4.25. The van der Waals surface area contributed by atoms with Gasteiger partial charge in [0.2, 0.25) is 0 Å². The maximum Gasteiger partial charge on any atom is 0.137 e. The van der Waals surface area contributed by atoms with Gasteiger partial charge in [0.15, 0.2) is 0 Å². The predicted molar refractivity (Wildman–Crippen MR) is 76.7 cm³/mol. The number of nitrogens with two attached hydrogens (primary N) is 1. The van der Waals surface area contributed by atoms with Gasteiger partial charge < -0.3 is 15.2 Å². The fourth-order valence-electron chi connectivity index (χ4n) is 3.14. The van der Waals surface area contributed by atoms with Crippen molar-refractivity contribution in [2.75, 3.05) is 26.3 Å². The third-order valence-corrected chi connectivity index (χ3v) is 4.25. The first-order chi connectivity index (χ1) is 9.78. The van der Waals surface area contributed by atoms with Crippen LogP contribution in [0.4, 0.5) is 0 Å². The first-order valence-electron chi connectivity index (χ1n) is 7.47. The third kappa shape index (κ3) is 2.80. The Kier molecular flexibility index (Phi) is 4.19. The number of ether oxygens (including phenoxy) is 2. The van der Waals surface area contributed by atoms with Crippen LogP contribution in [0.3, 0.4) is 0 Å². The lowest BCUT2D eigenvalue weighted by molar-refractivity contribution is -0.0597. The van der Waals surface area contributed by atoms with Crippen LogP contribution in [-0.4, -0.2) is 48.3 Å². The standard InChI is InChI=1S/C15H23N3O2/c1-2-19-13-6-11(7-17-8-13)15(16)14-9-18-5-3-4-12(18)10-20-14/h6-8,12,14-15H,2-5,9-10,16H2,1H3. The lowest BCUT2D eigenvalue weighted by atomic mass is 10.0. The van der Waals surface area contributed by atoms with Crippen molar-refractivity contribution in [3.63, 3.8) is 0 Å². The normalized spacial score (nSPS) is 28.1. The van der Waals surface area contributed by atoms with Crippen LogP contribution in [0.2, 0.25) is 0 Å². The SMILES string of the molecule is CCOc1cncc(C(N)C2CN3CCCC3CO2)c1. The minimum absolute atomic E-state index is 0.0445. The smallest absolute Gasteiger partial charge is 0.137 e. The number of rotatable bonds is 4.